The van der Waals surface area contributed by atoms with Gasteiger partial charge in [0.15, 0.2) is 0 Å². The SMILES string of the molecule is CCCc1cc(C(=O)O)cc(Nc2cc(C)cc(F)c2)n1. The van der Waals surface area contributed by atoms with Gasteiger partial charge in [-0.05, 0) is 49.2 Å². The van der Waals surface area contributed by atoms with Gasteiger partial charge >= 0.3 is 5.97 Å². The number of rotatable bonds is 5. The van der Waals surface area contributed by atoms with E-state index in [4.69, 9.17) is 5.11 Å². The highest BCUT2D eigenvalue weighted by atomic mass is 19.1. The fourth-order valence-corrected chi connectivity index (χ4v) is 2.12. The van der Waals surface area contributed by atoms with E-state index in [-0.39, 0.29) is 11.4 Å². The van der Waals surface area contributed by atoms with Crippen molar-refractivity contribution in [1.29, 1.82) is 0 Å². The Hall–Kier alpha value is -2.43. The summed E-state index contributed by atoms with van der Waals surface area (Å²) >= 11 is 0. The van der Waals surface area contributed by atoms with Crippen molar-refractivity contribution in [1.82, 2.24) is 4.98 Å². The maximum Gasteiger partial charge on any atom is 0.335 e. The molecule has 0 atom stereocenters. The van der Waals surface area contributed by atoms with Gasteiger partial charge in [-0.15, -0.1) is 0 Å². The molecule has 0 spiro atoms. The summed E-state index contributed by atoms with van der Waals surface area (Å²) in [6.07, 6.45) is 1.56. The van der Waals surface area contributed by atoms with Crippen LogP contribution in [0.15, 0.2) is 30.3 Å². The normalized spacial score (nSPS) is 10.4. The van der Waals surface area contributed by atoms with E-state index in [1.54, 1.807) is 19.1 Å². The number of pyridine rings is 1. The van der Waals surface area contributed by atoms with Gasteiger partial charge in [0.05, 0.1) is 5.56 Å². The number of hydrogen-bond acceptors (Lipinski definition) is 3. The molecule has 0 amide bonds. The summed E-state index contributed by atoms with van der Waals surface area (Å²) < 4.78 is 13.4. The van der Waals surface area contributed by atoms with Crippen molar-refractivity contribution in [2.75, 3.05) is 5.32 Å². The monoisotopic (exact) mass is 288 g/mol. The van der Waals surface area contributed by atoms with E-state index < -0.39 is 5.97 Å². The van der Waals surface area contributed by atoms with Crippen LogP contribution < -0.4 is 5.32 Å². The third kappa shape index (κ3) is 4.02. The second-order valence-electron chi connectivity index (χ2n) is 4.93. The summed E-state index contributed by atoms with van der Waals surface area (Å²) in [6.45, 7) is 3.79. The zero-order valence-electron chi connectivity index (χ0n) is 12.0. The van der Waals surface area contributed by atoms with Crippen LogP contribution in [0.3, 0.4) is 0 Å². The number of nitrogens with zero attached hydrogens (tertiary/aromatic N) is 1. The third-order valence-corrected chi connectivity index (χ3v) is 2.95. The third-order valence-electron chi connectivity index (χ3n) is 2.95. The van der Waals surface area contributed by atoms with Gasteiger partial charge in [0, 0.05) is 11.4 Å². The molecule has 110 valence electrons. The molecule has 0 fully saturated rings. The molecule has 1 aromatic heterocycles. The summed E-state index contributed by atoms with van der Waals surface area (Å²) in [5.74, 6) is -0.947. The van der Waals surface area contributed by atoms with Crippen LogP contribution in [-0.4, -0.2) is 16.1 Å². The largest absolute Gasteiger partial charge is 0.478 e. The van der Waals surface area contributed by atoms with E-state index in [0.717, 1.165) is 12.0 Å². The highest BCUT2D eigenvalue weighted by molar-refractivity contribution is 5.88. The number of benzene rings is 1. The maximum absolute atomic E-state index is 13.4. The van der Waals surface area contributed by atoms with Gasteiger partial charge in [-0.2, -0.15) is 0 Å². The number of nitrogens with one attached hydrogen (secondary N) is 1. The van der Waals surface area contributed by atoms with E-state index >= 15 is 0 Å². The van der Waals surface area contributed by atoms with Crippen LogP contribution in [0.4, 0.5) is 15.9 Å². The molecule has 0 radical (unpaired) electrons. The van der Waals surface area contributed by atoms with Crippen LogP contribution in [0.5, 0.6) is 0 Å². The predicted molar refractivity (Wildman–Crippen MR) is 79.6 cm³/mol. The summed E-state index contributed by atoms with van der Waals surface area (Å²) in [5, 5.41) is 12.1. The van der Waals surface area contributed by atoms with Gasteiger partial charge in [-0.3, -0.25) is 0 Å². The lowest BCUT2D eigenvalue weighted by Gasteiger charge is -2.10. The molecule has 0 saturated carbocycles. The molecular weight excluding hydrogens is 271 g/mol. The van der Waals surface area contributed by atoms with Crippen molar-refractivity contribution >= 4 is 17.5 Å². The first-order chi connectivity index (χ1) is 9.97. The molecule has 1 heterocycles. The van der Waals surface area contributed by atoms with Crippen molar-refractivity contribution in [3.63, 3.8) is 0 Å². The van der Waals surface area contributed by atoms with Crippen LogP contribution in [0.1, 0.15) is 35.0 Å². The van der Waals surface area contributed by atoms with Crippen molar-refractivity contribution in [3.8, 4) is 0 Å². The van der Waals surface area contributed by atoms with Crippen molar-refractivity contribution in [3.05, 3.63) is 53.0 Å². The molecule has 2 aromatic rings. The average molecular weight is 288 g/mol. The molecule has 0 aliphatic carbocycles. The minimum absolute atomic E-state index is 0.170. The standard InChI is InChI=1S/C16H17FN2O2/c1-3-4-13-7-11(16(20)21)8-15(18-13)19-14-6-10(2)5-12(17)9-14/h5-9H,3-4H2,1-2H3,(H,18,19)(H,20,21). The Morgan fingerprint density at radius 2 is 2.05 bits per heavy atom. The van der Waals surface area contributed by atoms with E-state index in [2.05, 4.69) is 10.3 Å². The number of aryl methyl sites for hydroxylation is 2. The van der Waals surface area contributed by atoms with Crippen molar-refractivity contribution in [2.24, 2.45) is 0 Å². The fraction of sp³-hybridized carbons (Fsp3) is 0.250. The van der Waals surface area contributed by atoms with Crippen LogP contribution in [0, 0.1) is 12.7 Å². The number of halogens is 1. The van der Waals surface area contributed by atoms with Crippen LogP contribution in [-0.2, 0) is 6.42 Å². The molecule has 21 heavy (non-hydrogen) atoms. The van der Waals surface area contributed by atoms with E-state index in [1.807, 2.05) is 6.92 Å². The highest BCUT2D eigenvalue weighted by Crippen LogP contribution is 2.20. The molecule has 0 aliphatic rings. The lowest BCUT2D eigenvalue weighted by molar-refractivity contribution is 0.0696. The van der Waals surface area contributed by atoms with E-state index in [0.29, 0.717) is 23.6 Å². The Bertz CT molecular complexity index is 651. The number of aromatic carboxylic acids is 1. The lowest BCUT2D eigenvalue weighted by Crippen LogP contribution is -2.04. The minimum Gasteiger partial charge on any atom is -0.478 e. The zero-order valence-corrected chi connectivity index (χ0v) is 12.0. The molecule has 0 bridgehead atoms. The van der Waals surface area contributed by atoms with E-state index in [9.17, 15) is 9.18 Å². The van der Waals surface area contributed by atoms with Gasteiger partial charge in [-0.25, -0.2) is 14.2 Å². The first kappa shape index (κ1) is 15.0. The van der Waals surface area contributed by atoms with Crippen molar-refractivity contribution in [2.45, 2.75) is 26.7 Å². The van der Waals surface area contributed by atoms with Gasteiger partial charge in [0.1, 0.15) is 11.6 Å². The second-order valence-corrected chi connectivity index (χ2v) is 4.93. The number of carboxylic acid groups (broad SMARTS) is 1. The number of hydrogen-bond donors (Lipinski definition) is 2. The molecule has 4 nitrogen and oxygen atoms in total. The van der Waals surface area contributed by atoms with Crippen LogP contribution in [0.25, 0.3) is 0 Å². The van der Waals surface area contributed by atoms with Gasteiger partial charge in [0.25, 0.3) is 0 Å². The summed E-state index contributed by atoms with van der Waals surface area (Å²) in [5.41, 5.74) is 2.20. The predicted octanol–water partition coefficient (Wildman–Crippen LogP) is 3.92. The molecule has 2 rings (SSSR count). The average Bonchev–Trinajstić information content (AvgIpc) is 2.37. The minimum atomic E-state index is -1.01. The number of carboxylic acids is 1. The highest BCUT2D eigenvalue weighted by Gasteiger charge is 2.09. The second kappa shape index (κ2) is 6.35. The summed E-state index contributed by atoms with van der Waals surface area (Å²) in [7, 11) is 0. The van der Waals surface area contributed by atoms with Crippen molar-refractivity contribution < 1.29 is 14.3 Å². The Morgan fingerprint density at radius 1 is 1.29 bits per heavy atom. The molecule has 2 N–H and O–H groups in total. The number of anilines is 2. The first-order valence-electron chi connectivity index (χ1n) is 6.76. The molecule has 0 saturated heterocycles. The summed E-state index contributed by atoms with van der Waals surface area (Å²) in [6, 6.07) is 7.56. The molecule has 1 aromatic carbocycles. The first-order valence-corrected chi connectivity index (χ1v) is 6.76. The molecule has 0 aliphatic heterocycles. The Balaban J connectivity index is 2.35. The number of aromatic nitrogens is 1. The maximum atomic E-state index is 13.4. The van der Waals surface area contributed by atoms with E-state index in [1.165, 1.54) is 18.2 Å². The zero-order chi connectivity index (χ0) is 15.4. The topological polar surface area (TPSA) is 62.2 Å². The van der Waals surface area contributed by atoms with Gasteiger partial charge in [0.2, 0.25) is 0 Å². The van der Waals surface area contributed by atoms with Crippen LogP contribution >= 0.6 is 0 Å². The quantitative estimate of drug-likeness (QED) is 0.875. The molecule has 0 unspecified atom stereocenters. The van der Waals surface area contributed by atoms with Gasteiger partial charge < -0.3 is 10.4 Å². The number of carbonyl (C=O) groups is 1. The Kier molecular flexibility index (Phi) is 4.52. The van der Waals surface area contributed by atoms with Gasteiger partial charge in [-0.1, -0.05) is 13.3 Å². The summed E-state index contributed by atoms with van der Waals surface area (Å²) in [4.78, 5) is 15.5. The Labute approximate surface area is 122 Å². The molecular formula is C16H17FN2O2. The Morgan fingerprint density at radius 3 is 2.67 bits per heavy atom. The fourth-order valence-electron chi connectivity index (χ4n) is 2.12. The lowest BCUT2D eigenvalue weighted by atomic mass is 10.1. The van der Waals surface area contributed by atoms with Crippen LogP contribution in [0.2, 0.25) is 0 Å². The smallest absolute Gasteiger partial charge is 0.335 e. The molecule has 5 heteroatoms.